The lowest BCUT2D eigenvalue weighted by Gasteiger charge is -2.31. The summed E-state index contributed by atoms with van der Waals surface area (Å²) in [6, 6.07) is 3.78. The van der Waals surface area contributed by atoms with Crippen LogP contribution in [0.2, 0.25) is 0 Å². The van der Waals surface area contributed by atoms with Gasteiger partial charge in [-0.3, -0.25) is 19.0 Å². The van der Waals surface area contributed by atoms with Crippen LogP contribution in [0, 0.1) is 0 Å². The predicted molar refractivity (Wildman–Crippen MR) is 71.1 cm³/mol. The van der Waals surface area contributed by atoms with E-state index in [9.17, 15) is 22.8 Å². The lowest BCUT2D eigenvalue weighted by Crippen LogP contribution is -2.55. The first-order chi connectivity index (χ1) is 9.75. The Morgan fingerprint density at radius 2 is 1.67 bits per heavy atom. The normalized spacial score (nSPS) is 16.6. The maximum Gasteiger partial charge on any atom is 0.338 e. The minimum atomic E-state index is -4.35. The largest absolute Gasteiger partial charge is 0.338 e. The van der Waals surface area contributed by atoms with Gasteiger partial charge in [-0.1, -0.05) is 0 Å². The Bertz CT molecular complexity index is 710. The van der Waals surface area contributed by atoms with Crippen LogP contribution in [-0.4, -0.2) is 42.3 Å². The van der Waals surface area contributed by atoms with Crippen LogP contribution in [0.5, 0.6) is 0 Å². The number of urea groups is 1. The van der Waals surface area contributed by atoms with Crippen molar-refractivity contribution in [2.75, 3.05) is 11.4 Å². The molecule has 4 amide bonds. The maximum atomic E-state index is 12.1. The van der Waals surface area contributed by atoms with Crippen molar-refractivity contribution in [1.82, 2.24) is 4.90 Å². The average molecular weight is 312 g/mol. The van der Waals surface area contributed by atoms with E-state index in [2.05, 4.69) is 0 Å². The number of imide groups is 2. The number of carbonyl (C=O) groups excluding carboxylic acids is 3. The number of nitrogens with zero attached hydrogens (tertiary/aromatic N) is 2. The predicted octanol–water partition coefficient (Wildman–Crippen LogP) is 0.639. The first-order valence-corrected chi connectivity index (χ1v) is 7.44. The molecule has 1 aromatic carbocycles. The Kier molecular flexibility index (Phi) is 3.79. The van der Waals surface area contributed by atoms with E-state index >= 15 is 0 Å². The smallest absolute Gasteiger partial charge is 0.282 e. The van der Waals surface area contributed by atoms with Crippen LogP contribution in [0.25, 0.3) is 0 Å². The Balaban J connectivity index is 2.38. The molecule has 0 atom stereocenters. The highest BCUT2D eigenvalue weighted by atomic mass is 32.2. The molecule has 0 saturated carbocycles. The van der Waals surface area contributed by atoms with Gasteiger partial charge < -0.3 is 0 Å². The van der Waals surface area contributed by atoms with Crippen molar-refractivity contribution in [2.45, 2.75) is 18.2 Å². The Morgan fingerprint density at radius 3 is 2.14 bits per heavy atom. The third-order valence-electron chi connectivity index (χ3n) is 2.98. The van der Waals surface area contributed by atoms with Gasteiger partial charge in [0.05, 0.1) is 10.6 Å². The van der Waals surface area contributed by atoms with Crippen molar-refractivity contribution < 1.29 is 27.4 Å². The molecule has 1 fully saturated rings. The molecule has 0 spiro atoms. The Morgan fingerprint density at radius 1 is 1.10 bits per heavy atom. The van der Waals surface area contributed by atoms with Crippen molar-refractivity contribution in [3.8, 4) is 0 Å². The molecule has 1 aromatic rings. The van der Waals surface area contributed by atoms with Gasteiger partial charge in [-0.05, 0) is 31.2 Å². The van der Waals surface area contributed by atoms with Crippen LogP contribution in [0.15, 0.2) is 29.2 Å². The fourth-order valence-corrected chi connectivity index (χ4v) is 2.45. The monoisotopic (exact) mass is 312 g/mol. The van der Waals surface area contributed by atoms with Crippen LogP contribution in [0.1, 0.15) is 13.3 Å². The van der Waals surface area contributed by atoms with Gasteiger partial charge in [-0.2, -0.15) is 8.42 Å². The van der Waals surface area contributed by atoms with Gasteiger partial charge in [0.1, 0.15) is 6.42 Å². The number of carbonyl (C=O) groups is 3. The zero-order valence-electron chi connectivity index (χ0n) is 11.0. The molecule has 2 rings (SSSR count). The van der Waals surface area contributed by atoms with E-state index in [1.807, 2.05) is 0 Å². The van der Waals surface area contributed by atoms with Crippen LogP contribution in [0.4, 0.5) is 10.5 Å². The molecule has 8 nitrogen and oxygen atoms in total. The Hall–Kier alpha value is -2.26. The van der Waals surface area contributed by atoms with E-state index in [4.69, 9.17) is 4.55 Å². The van der Waals surface area contributed by atoms with Crippen molar-refractivity contribution in [2.24, 2.45) is 0 Å². The fourth-order valence-electron chi connectivity index (χ4n) is 1.97. The third kappa shape index (κ3) is 2.78. The zero-order valence-corrected chi connectivity index (χ0v) is 11.8. The Labute approximate surface area is 120 Å². The number of hydrogen-bond acceptors (Lipinski definition) is 5. The molecule has 112 valence electrons. The standard InChI is InChI=1S/C12H12N2O6S/c1-2-13-10(15)7-11(16)14(12(13)17)8-3-5-9(6-4-8)21(18,19)20/h3-6H,2,7H2,1H3,(H,18,19,20). The second kappa shape index (κ2) is 5.26. The summed E-state index contributed by atoms with van der Waals surface area (Å²) in [5.74, 6) is -1.26. The molecule has 0 radical (unpaired) electrons. The highest BCUT2D eigenvalue weighted by Gasteiger charge is 2.37. The summed E-state index contributed by atoms with van der Waals surface area (Å²) in [6.07, 6.45) is -0.431. The topological polar surface area (TPSA) is 112 Å². The third-order valence-corrected chi connectivity index (χ3v) is 3.85. The summed E-state index contributed by atoms with van der Waals surface area (Å²) < 4.78 is 30.8. The molecule has 1 N–H and O–H groups in total. The number of anilines is 1. The average Bonchev–Trinajstić information content (AvgIpc) is 2.38. The van der Waals surface area contributed by atoms with Gasteiger partial charge in [0.15, 0.2) is 0 Å². The van der Waals surface area contributed by atoms with Gasteiger partial charge in [0.25, 0.3) is 10.1 Å². The number of amides is 4. The molecule has 0 bridgehead atoms. The van der Waals surface area contributed by atoms with E-state index in [0.29, 0.717) is 0 Å². The van der Waals surface area contributed by atoms with Gasteiger partial charge in [0, 0.05) is 6.54 Å². The zero-order chi connectivity index (χ0) is 15.8. The SMILES string of the molecule is CCN1C(=O)CC(=O)N(c2ccc(S(=O)(=O)O)cc2)C1=O. The second-order valence-corrected chi connectivity index (χ2v) is 5.72. The summed E-state index contributed by atoms with van der Waals surface area (Å²) in [6.45, 7) is 1.73. The van der Waals surface area contributed by atoms with Gasteiger partial charge in [0.2, 0.25) is 11.8 Å². The van der Waals surface area contributed by atoms with Crippen molar-refractivity contribution in [3.63, 3.8) is 0 Å². The summed E-state index contributed by atoms with van der Waals surface area (Å²) in [5, 5.41) is 0. The lowest BCUT2D eigenvalue weighted by molar-refractivity contribution is -0.134. The molecular weight excluding hydrogens is 300 g/mol. The molecule has 0 unspecified atom stereocenters. The highest BCUT2D eigenvalue weighted by Crippen LogP contribution is 2.23. The van der Waals surface area contributed by atoms with Crippen LogP contribution in [-0.2, 0) is 19.7 Å². The first kappa shape index (κ1) is 15.1. The van der Waals surface area contributed by atoms with Gasteiger partial charge >= 0.3 is 6.03 Å². The van der Waals surface area contributed by atoms with Crippen LogP contribution < -0.4 is 4.90 Å². The molecule has 0 aliphatic carbocycles. The van der Waals surface area contributed by atoms with E-state index < -0.39 is 34.4 Å². The fraction of sp³-hybridized carbons (Fsp3) is 0.250. The van der Waals surface area contributed by atoms with E-state index in [0.717, 1.165) is 21.9 Å². The molecule has 1 saturated heterocycles. The number of benzene rings is 1. The number of barbiturate groups is 1. The molecule has 0 aromatic heterocycles. The summed E-state index contributed by atoms with van der Waals surface area (Å²) in [5.41, 5.74) is 0.128. The lowest BCUT2D eigenvalue weighted by atomic mass is 10.2. The van der Waals surface area contributed by atoms with Gasteiger partial charge in [-0.15, -0.1) is 0 Å². The van der Waals surface area contributed by atoms with E-state index in [1.165, 1.54) is 12.1 Å². The summed E-state index contributed by atoms with van der Waals surface area (Å²) in [4.78, 5) is 36.9. The molecule has 9 heteroatoms. The quantitative estimate of drug-likeness (QED) is 0.647. The highest BCUT2D eigenvalue weighted by molar-refractivity contribution is 7.85. The molecule has 21 heavy (non-hydrogen) atoms. The summed E-state index contributed by atoms with van der Waals surface area (Å²) >= 11 is 0. The second-order valence-electron chi connectivity index (χ2n) is 4.30. The van der Waals surface area contributed by atoms with Crippen LogP contribution in [0.3, 0.4) is 0 Å². The maximum absolute atomic E-state index is 12.1. The first-order valence-electron chi connectivity index (χ1n) is 6.00. The minimum Gasteiger partial charge on any atom is -0.282 e. The molecule has 1 aliphatic rings. The van der Waals surface area contributed by atoms with E-state index in [-0.39, 0.29) is 17.1 Å². The molecule has 1 aliphatic heterocycles. The summed E-state index contributed by atoms with van der Waals surface area (Å²) in [7, 11) is -4.35. The molecule has 1 heterocycles. The van der Waals surface area contributed by atoms with Crippen molar-refractivity contribution >= 4 is 33.7 Å². The molecular formula is C12H12N2O6S. The van der Waals surface area contributed by atoms with Crippen molar-refractivity contribution in [1.29, 1.82) is 0 Å². The minimum absolute atomic E-state index is 0.128. The van der Waals surface area contributed by atoms with Crippen LogP contribution >= 0.6 is 0 Å². The number of hydrogen-bond donors (Lipinski definition) is 1. The van der Waals surface area contributed by atoms with E-state index in [1.54, 1.807) is 6.92 Å². The number of rotatable bonds is 3. The van der Waals surface area contributed by atoms with Crippen molar-refractivity contribution in [3.05, 3.63) is 24.3 Å². The van der Waals surface area contributed by atoms with Gasteiger partial charge in [-0.25, -0.2) is 9.69 Å².